The fourth-order valence-electron chi connectivity index (χ4n) is 3.49. The molecular formula is C24H24F4N4O3. The Hall–Kier alpha value is -3.89. The highest BCUT2D eigenvalue weighted by Gasteiger charge is 2.30. The number of benzene rings is 2. The third-order valence-electron chi connectivity index (χ3n) is 5.31. The maximum Gasteiger partial charge on any atom is 0.416 e. The molecule has 0 fully saturated rings. The molecule has 2 aromatic carbocycles. The molecule has 7 nitrogen and oxygen atoms in total. The molecule has 3 rings (SSSR count). The number of halogens is 4. The van der Waals surface area contributed by atoms with Gasteiger partial charge in [0.25, 0.3) is 5.56 Å². The molecular weight excluding hydrogens is 468 g/mol. The first-order chi connectivity index (χ1) is 16.6. The van der Waals surface area contributed by atoms with Crippen molar-refractivity contribution >= 4 is 11.5 Å². The highest BCUT2D eigenvalue weighted by atomic mass is 19.4. The van der Waals surface area contributed by atoms with Crippen molar-refractivity contribution < 1.29 is 27.0 Å². The zero-order chi connectivity index (χ0) is 25.8. The molecule has 1 heterocycles. The average molecular weight is 492 g/mol. The lowest BCUT2D eigenvalue weighted by Gasteiger charge is -2.19. The van der Waals surface area contributed by atoms with Gasteiger partial charge in [-0.15, -0.1) is 0 Å². The summed E-state index contributed by atoms with van der Waals surface area (Å²) in [4.78, 5) is 19.7. The molecule has 1 atom stereocenters. The van der Waals surface area contributed by atoms with E-state index in [-0.39, 0.29) is 23.6 Å². The lowest BCUT2D eigenvalue weighted by molar-refractivity contribution is -0.137. The Morgan fingerprint density at radius 1 is 1.11 bits per heavy atom. The zero-order valence-corrected chi connectivity index (χ0v) is 19.2. The van der Waals surface area contributed by atoms with Crippen LogP contribution in [0.3, 0.4) is 0 Å². The van der Waals surface area contributed by atoms with Crippen molar-refractivity contribution in [3.63, 3.8) is 0 Å². The molecule has 1 unspecified atom stereocenters. The van der Waals surface area contributed by atoms with Gasteiger partial charge >= 0.3 is 6.18 Å². The summed E-state index contributed by atoms with van der Waals surface area (Å²) in [6, 6.07) is 9.09. The average Bonchev–Trinajstić information content (AvgIpc) is 2.82. The molecule has 0 spiro atoms. The van der Waals surface area contributed by atoms with Crippen LogP contribution in [0.1, 0.15) is 41.0 Å². The summed E-state index contributed by atoms with van der Waals surface area (Å²) >= 11 is 0. The Morgan fingerprint density at radius 3 is 2.34 bits per heavy atom. The number of anilines is 1. The fourth-order valence-corrected chi connectivity index (χ4v) is 3.49. The lowest BCUT2D eigenvalue weighted by atomic mass is 10.1. The number of aromatic nitrogens is 2. The molecule has 186 valence electrons. The van der Waals surface area contributed by atoms with Gasteiger partial charge in [-0.2, -0.15) is 13.2 Å². The normalized spacial score (nSPS) is 12.2. The molecule has 3 N–H and O–H groups in total. The van der Waals surface area contributed by atoms with Crippen LogP contribution in [0, 0.1) is 5.41 Å². The molecule has 0 saturated carbocycles. The second-order valence-electron chi connectivity index (χ2n) is 7.70. The topological polar surface area (TPSA) is 100 Å². The highest BCUT2D eigenvalue weighted by molar-refractivity contribution is 6.02. The molecule has 0 bridgehead atoms. The Labute approximate surface area is 198 Å². The quantitative estimate of drug-likeness (QED) is 0.291. The summed E-state index contributed by atoms with van der Waals surface area (Å²) in [6.45, 7) is 0.464. The van der Waals surface area contributed by atoms with Gasteiger partial charge < -0.3 is 25.2 Å². The molecule has 11 heteroatoms. The number of rotatable bonds is 9. The van der Waals surface area contributed by atoms with Crippen LogP contribution in [-0.4, -0.2) is 36.6 Å². The smallest absolute Gasteiger partial charge is 0.416 e. The lowest BCUT2D eigenvalue weighted by Crippen LogP contribution is -2.26. The maximum atomic E-state index is 13.3. The Morgan fingerprint density at radius 2 is 1.77 bits per heavy atom. The molecule has 0 saturated heterocycles. The van der Waals surface area contributed by atoms with E-state index in [1.54, 1.807) is 25.1 Å². The molecule has 35 heavy (non-hydrogen) atoms. The van der Waals surface area contributed by atoms with Crippen molar-refractivity contribution in [1.29, 1.82) is 5.41 Å². The number of nitrogens with one attached hydrogen (secondary N) is 3. The maximum absolute atomic E-state index is 13.3. The molecule has 1 aromatic heterocycles. The second kappa shape index (κ2) is 10.6. The first-order valence-corrected chi connectivity index (χ1v) is 10.5. The standard InChI is InChI=1S/C24H24F4N4O3/c1-13(15-5-7-16(8-6-15)24(26,27)28)30-22-21(17(29)12-25)23(33)32-20(31-22)11-14-4-9-18(34-2)19(10-14)35-3/h4-10,13,29H,11-12H2,1-3H3,(H2,30,31,32,33). The van der Waals surface area contributed by atoms with Gasteiger partial charge in [0.2, 0.25) is 0 Å². The first kappa shape index (κ1) is 25.7. The summed E-state index contributed by atoms with van der Waals surface area (Å²) in [7, 11) is 2.99. The number of ether oxygens (including phenoxy) is 2. The van der Waals surface area contributed by atoms with E-state index in [9.17, 15) is 22.4 Å². The third kappa shape index (κ3) is 5.97. The van der Waals surface area contributed by atoms with Crippen molar-refractivity contribution in [1.82, 2.24) is 9.97 Å². The van der Waals surface area contributed by atoms with E-state index in [1.165, 1.54) is 26.4 Å². The summed E-state index contributed by atoms with van der Waals surface area (Å²) in [5.41, 5.74) is -1.12. The summed E-state index contributed by atoms with van der Waals surface area (Å²) in [6.07, 6.45) is -4.28. The van der Waals surface area contributed by atoms with Gasteiger partial charge in [0, 0.05) is 12.5 Å². The predicted octanol–water partition coefficient (Wildman–Crippen LogP) is 4.91. The predicted molar refractivity (Wildman–Crippen MR) is 123 cm³/mol. The zero-order valence-electron chi connectivity index (χ0n) is 19.2. The first-order valence-electron chi connectivity index (χ1n) is 10.5. The van der Waals surface area contributed by atoms with E-state index >= 15 is 0 Å². The molecule has 0 aliphatic carbocycles. The molecule has 0 aliphatic heterocycles. The van der Waals surface area contributed by atoms with E-state index in [1.807, 2.05) is 0 Å². The van der Waals surface area contributed by atoms with Gasteiger partial charge in [-0.05, 0) is 42.3 Å². The van der Waals surface area contributed by atoms with Gasteiger partial charge in [-0.1, -0.05) is 18.2 Å². The largest absolute Gasteiger partial charge is 0.493 e. The molecule has 0 aliphatic rings. The number of hydrogen-bond acceptors (Lipinski definition) is 6. The molecule has 0 amide bonds. The summed E-state index contributed by atoms with van der Waals surface area (Å²) in [5, 5.41) is 10.8. The van der Waals surface area contributed by atoms with Crippen LogP contribution >= 0.6 is 0 Å². The van der Waals surface area contributed by atoms with Gasteiger partial charge in [-0.25, -0.2) is 9.37 Å². The third-order valence-corrected chi connectivity index (χ3v) is 5.31. The van der Waals surface area contributed by atoms with E-state index in [0.29, 0.717) is 17.1 Å². The molecule has 3 aromatic rings. The van der Waals surface area contributed by atoms with Gasteiger partial charge in [0.15, 0.2) is 11.5 Å². The monoisotopic (exact) mass is 492 g/mol. The number of nitrogens with zero attached hydrogens (tertiary/aromatic N) is 1. The highest BCUT2D eigenvalue weighted by Crippen LogP contribution is 2.31. The van der Waals surface area contributed by atoms with Gasteiger partial charge in [-0.3, -0.25) is 4.79 Å². The van der Waals surface area contributed by atoms with Crippen LogP contribution < -0.4 is 20.3 Å². The van der Waals surface area contributed by atoms with Crippen molar-refractivity contribution in [2.45, 2.75) is 25.6 Å². The Kier molecular flexibility index (Phi) is 7.78. The van der Waals surface area contributed by atoms with Crippen molar-refractivity contribution in [2.75, 3.05) is 26.2 Å². The minimum Gasteiger partial charge on any atom is -0.493 e. The number of hydrogen-bond donors (Lipinski definition) is 3. The second-order valence-corrected chi connectivity index (χ2v) is 7.70. The SMILES string of the molecule is COc1ccc(Cc2nc(NC(C)c3ccc(C(F)(F)F)cc3)c(C(=N)CF)c(=O)[nH]2)cc1OC. The summed E-state index contributed by atoms with van der Waals surface area (Å²) < 4.78 is 62.4. The van der Waals surface area contributed by atoms with Crippen molar-refractivity contribution in [3.8, 4) is 11.5 Å². The van der Waals surface area contributed by atoms with Crippen LogP contribution in [0.4, 0.5) is 23.4 Å². The summed E-state index contributed by atoms with van der Waals surface area (Å²) in [5.74, 6) is 1.20. The van der Waals surface area contributed by atoms with Crippen LogP contribution in [0.5, 0.6) is 11.5 Å². The number of methoxy groups -OCH3 is 2. The number of alkyl halides is 4. The van der Waals surface area contributed by atoms with Crippen LogP contribution in [0.25, 0.3) is 0 Å². The minimum absolute atomic E-state index is 0.0423. The van der Waals surface area contributed by atoms with Crippen molar-refractivity contribution in [2.24, 2.45) is 0 Å². The van der Waals surface area contributed by atoms with Crippen LogP contribution in [-0.2, 0) is 12.6 Å². The van der Waals surface area contributed by atoms with Gasteiger partial charge in [0.05, 0.1) is 25.5 Å². The fraction of sp³-hybridized carbons (Fsp3) is 0.292. The molecule has 0 radical (unpaired) electrons. The Balaban J connectivity index is 1.95. The van der Waals surface area contributed by atoms with Gasteiger partial charge in [0.1, 0.15) is 23.9 Å². The number of aromatic amines is 1. The Bertz CT molecular complexity index is 1260. The van der Waals surface area contributed by atoms with Crippen molar-refractivity contribution in [3.05, 3.63) is 80.9 Å². The van der Waals surface area contributed by atoms with E-state index in [0.717, 1.165) is 17.7 Å². The van der Waals surface area contributed by atoms with Crippen LogP contribution in [0.2, 0.25) is 0 Å². The van der Waals surface area contributed by atoms with Crippen LogP contribution in [0.15, 0.2) is 47.3 Å². The van der Waals surface area contributed by atoms with E-state index in [2.05, 4.69) is 15.3 Å². The van der Waals surface area contributed by atoms with E-state index < -0.39 is 35.7 Å². The van der Waals surface area contributed by atoms with E-state index in [4.69, 9.17) is 14.9 Å². The minimum atomic E-state index is -4.47. The number of H-pyrrole nitrogens is 1.